The molecule has 1 fully saturated rings. The molecule has 2 atom stereocenters. The second-order valence-electron chi connectivity index (χ2n) is 8.25. The number of benzene rings is 1. The Morgan fingerprint density at radius 2 is 2.25 bits per heavy atom. The Bertz CT molecular complexity index is 1170. The highest BCUT2D eigenvalue weighted by atomic mass is 35.5. The fourth-order valence-electron chi connectivity index (χ4n) is 4.22. The third-order valence-electron chi connectivity index (χ3n) is 5.92. The second-order valence-corrected chi connectivity index (χ2v) is 9.55. The number of aliphatic carboxylic acids is 1. The van der Waals surface area contributed by atoms with Gasteiger partial charge in [-0.05, 0) is 25.5 Å². The summed E-state index contributed by atoms with van der Waals surface area (Å²) in [4.78, 5) is 35.6. The number of hydrogen-bond acceptors (Lipinski definition) is 9. The maximum atomic E-state index is 13.8. The third kappa shape index (κ3) is 6.09. The predicted molar refractivity (Wildman–Crippen MR) is 133 cm³/mol. The van der Waals surface area contributed by atoms with Gasteiger partial charge >= 0.3 is 11.9 Å². The average molecular weight is 537 g/mol. The number of nitrogens with one attached hydrogen (secondary N) is 1. The molecule has 0 aliphatic carbocycles. The van der Waals surface area contributed by atoms with E-state index in [4.69, 9.17) is 31.2 Å². The van der Waals surface area contributed by atoms with Gasteiger partial charge in [-0.3, -0.25) is 14.7 Å². The number of carboxylic acid groups (broad SMARTS) is 1. The topological polar surface area (TPSA) is 113 Å². The zero-order valence-electron chi connectivity index (χ0n) is 19.6. The molecule has 0 bridgehead atoms. The number of aliphatic imine (C=N–C) groups is 1. The molecule has 1 aromatic carbocycles. The summed E-state index contributed by atoms with van der Waals surface area (Å²) in [5.41, 5.74) is 1.26. The van der Waals surface area contributed by atoms with Gasteiger partial charge in [-0.2, -0.15) is 0 Å². The van der Waals surface area contributed by atoms with Gasteiger partial charge in [0.15, 0.2) is 10.8 Å². The number of carbonyl (C=O) groups is 2. The van der Waals surface area contributed by atoms with Crippen LogP contribution in [0, 0.1) is 5.82 Å². The van der Waals surface area contributed by atoms with Crippen LogP contribution in [0.15, 0.2) is 46.0 Å². The highest BCUT2D eigenvalue weighted by Gasteiger charge is 2.36. The van der Waals surface area contributed by atoms with Crippen LogP contribution < -0.4 is 5.32 Å². The zero-order valence-corrected chi connectivity index (χ0v) is 21.1. The predicted octanol–water partition coefficient (Wildman–Crippen LogP) is 3.41. The fourth-order valence-corrected chi connectivity index (χ4v) is 5.08. The van der Waals surface area contributed by atoms with Crippen LogP contribution in [-0.4, -0.2) is 71.7 Å². The van der Waals surface area contributed by atoms with Gasteiger partial charge in [-0.25, -0.2) is 14.2 Å². The van der Waals surface area contributed by atoms with Gasteiger partial charge in [0.25, 0.3) is 0 Å². The lowest BCUT2D eigenvalue weighted by atomic mass is 9.94. The summed E-state index contributed by atoms with van der Waals surface area (Å²) in [7, 11) is 0. The van der Waals surface area contributed by atoms with Crippen molar-refractivity contribution in [3.05, 3.63) is 62.5 Å². The molecule has 2 aliphatic rings. The van der Waals surface area contributed by atoms with E-state index < -0.39 is 23.8 Å². The van der Waals surface area contributed by atoms with Crippen molar-refractivity contribution in [2.45, 2.75) is 31.8 Å². The number of rotatable bonds is 9. The van der Waals surface area contributed by atoms with E-state index in [1.54, 1.807) is 13.1 Å². The van der Waals surface area contributed by atoms with Gasteiger partial charge in [-0.1, -0.05) is 17.7 Å². The fraction of sp³-hybridized carbons (Fsp3) is 0.417. The standard InChI is InChI=1S/C24H26ClFN4O5S/c1-2-35-24(33)20-18(12-30-8-9-34-13-15(30)4-6-19(31)32)28-22(23-27-7-10-36-23)29-21(20)16-5-3-14(26)11-17(16)25/h3,5,7,10-11,15,21H,2,4,6,8-9,12-13H2,1H3,(H,28,29)(H,31,32)/t15?,21-/m0/s1. The Morgan fingerprint density at radius 3 is 2.94 bits per heavy atom. The van der Waals surface area contributed by atoms with Crippen molar-refractivity contribution in [2.24, 2.45) is 4.99 Å². The summed E-state index contributed by atoms with van der Waals surface area (Å²) in [6.45, 7) is 3.57. The van der Waals surface area contributed by atoms with Crippen molar-refractivity contribution >= 4 is 40.7 Å². The Balaban J connectivity index is 1.78. The van der Waals surface area contributed by atoms with E-state index in [1.165, 1.54) is 29.5 Å². The number of thiazole rings is 1. The summed E-state index contributed by atoms with van der Waals surface area (Å²) >= 11 is 7.79. The molecule has 0 amide bonds. The first-order chi connectivity index (χ1) is 17.4. The van der Waals surface area contributed by atoms with Crippen molar-refractivity contribution in [1.29, 1.82) is 0 Å². The van der Waals surface area contributed by atoms with Crippen molar-refractivity contribution in [2.75, 3.05) is 32.9 Å². The minimum absolute atomic E-state index is 0.00136. The maximum absolute atomic E-state index is 13.8. The lowest BCUT2D eigenvalue weighted by Crippen LogP contribution is -2.49. The number of hydrogen-bond donors (Lipinski definition) is 2. The van der Waals surface area contributed by atoms with E-state index in [0.29, 0.717) is 54.8 Å². The molecule has 1 unspecified atom stereocenters. The van der Waals surface area contributed by atoms with Gasteiger partial charge in [0.2, 0.25) is 0 Å². The highest BCUT2D eigenvalue weighted by Crippen LogP contribution is 2.37. The van der Waals surface area contributed by atoms with E-state index in [0.717, 1.165) is 0 Å². The number of morpholine rings is 1. The molecule has 36 heavy (non-hydrogen) atoms. The number of esters is 1. The Hall–Kier alpha value is -2.86. The minimum atomic E-state index is -0.882. The van der Waals surface area contributed by atoms with E-state index in [9.17, 15) is 14.0 Å². The largest absolute Gasteiger partial charge is 0.481 e. The van der Waals surface area contributed by atoms with Gasteiger partial charge < -0.3 is 19.9 Å². The SMILES string of the molecule is CCOC(=O)C1=C(CN2CCOCC2CCC(=O)O)NC(c2nccs2)=N[C@H]1c1ccc(F)cc1Cl. The molecule has 9 nitrogen and oxygen atoms in total. The van der Waals surface area contributed by atoms with Crippen LogP contribution in [0.4, 0.5) is 4.39 Å². The van der Waals surface area contributed by atoms with Crippen LogP contribution in [0.5, 0.6) is 0 Å². The van der Waals surface area contributed by atoms with Crippen LogP contribution in [0.3, 0.4) is 0 Å². The van der Waals surface area contributed by atoms with Gasteiger partial charge in [0.1, 0.15) is 11.9 Å². The normalized spacial score (nSPS) is 20.6. The van der Waals surface area contributed by atoms with E-state index in [1.807, 2.05) is 5.38 Å². The molecule has 2 aliphatic heterocycles. The van der Waals surface area contributed by atoms with E-state index >= 15 is 0 Å². The summed E-state index contributed by atoms with van der Waals surface area (Å²) in [5, 5.41) is 15.0. The molecule has 12 heteroatoms. The van der Waals surface area contributed by atoms with Crippen LogP contribution in [0.2, 0.25) is 5.02 Å². The average Bonchev–Trinajstić information content (AvgIpc) is 3.38. The summed E-state index contributed by atoms with van der Waals surface area (Å²) in [6.07, 6.45) is 2.05. The van der Waals surface area contributed by atoms with Gasteiger partial charge in [0.05, 0.1) is 25.4 Å². The summed E-state index contributed by atoms with van der Waals surface area (Å²) in [5.74, 6) is -1.50. The van der Waals surface area contributed by atoms with Crippen LogP contribution in [0.25, 0.3) is 0 Å². The lowest BCUT2D eigenvalue weighted by Gasteiger charge is -2.37. The van der Waals surface area contributed by atoms with Crippen molar-refractivity contribution in [1.82, 2.24) is 15.2 Å². The molecule has 1 saturated heterocycles. The number of aromatic nitrogens is 1. The number of halogens is 2. The molecule has 2 aromatic rings. The maximum Gasteiger partial charge on any atom is 0.338 e. The first-order valence-corrected chi connectivity index (χ1v) is 12.8. The quantitative estimate of drug-likeness (QED) is 0.469. The summed E-state index contributed by atoms with van der Waals surface area (Å²) in [6, 6.07) is 2.96. The smallest absolute Gasteiger partial charge is 0.338 e. The van der Waals surface area contributed by atoms with Crippen molar-refractivity contribution in [3.8, 4) is 0 Å². The molecule has 0 saturated carbocycles. The van der Waals surface area contributed by atoms with Crippen LogP contribution in [0.1, 0.15) is 36.4 Å². The molecule has 4 rings (SSSR count). The lowest BCUT2D eigenvalue weighted by molar-refractivity contribution is -0.139. The van der Waals surface area contributed by atoms with Gasteiger partial charge in [-0.15, -0.1) is 11.3 Å². The zero-order chi connectivity index (χ0) is 25.7. The molecule has 0 radical (unpaired) electrons. The van der Waals surface area contributed by atoms with Crippen molar-refractivity contribution < 1.29 is 28.6 Å². The Labute approximate surface area is 216 Å². The Kier molecular flexibility index (Phi) is 8.68. The minimum Gasteiger partial charge on any atom is -0.481 e. The molecule has 1 aromatic heterocycles. The monoisotopic (exact) mass is 536 g/mol. The Morgan fingerprint density at radius 1 is 1.42 bits per heavy atom. The van der Waals surface area contributed by atoms with E-state index in [-0.39, 0.29) is 29.7 Å². The van der Waals surface area contributed by atoms with Crippen molar-refractivity contribution in [3.63, 3.8) is 0 Å². The van der Waals surface area contributed by atoms with E-state index in [2.05, 4.69) is 15.2 Å². The number of carboxylic acids is 1. The molecule has 3 heterocycles. The second kappa shape index (κ2) is 11.9. The molecular weight excluding hydrogens is 511 g/mol. The van der Waals surface area contributed by atoms with Gasteiger partial charge in [0, 0.05) is 53.4 Å². The highest BCUT2D eigenvalue weighted by molar-refractivity contribution is 7.11. The number of nitrogens with zero attached hydrogens (tertiary/aromatic N) is 3. The molecule has 0 spiro atoms. The summed E-state index contributed by atoms with van der Waals surface area (Å²) < 4.78 is 24.8. The molecule has 192 valence electrons. The first-order valence-electron chi connectivity index (χ1n) is 11.5. The van der Waals surface area contributed by atoms with Crippen LogP contribution in [-0.2, 0) is 19.1 Å². The number of carbonyl (C=O) groups excluding carboxylic acids is 1. The first kappa shape index (κ1) is 26.2. The number of ether oxygens (including phenoxy) is 2. The molecular formula is C24H26ClFN4O5S. The molecule has 2 N–H and O–H groups in total. The number of amidine groups is 1. The third-order valence-corrected chi connectivity index (χ3v) is 7.02. The van der Waals surface area contributed by atoms with Crippen LogP contribution >= 0.6 is 22.9 Å².